The van der Waals surface area contributed by atoms with Crippen molar-refractivity contribution in [3.63, 3.8) is 0 Å². The van der Waals surface area contributed by atoms with Gasteiger partial charge in [-0.15, -0.1) is 0 Å². The van der Waals surface area contributed by atoms with Crippen molar-refractivity contribution in [1.29, 1.82) is 0 Å². The molecule has 1 N–H and O–H groups in total. The molecule has 1 amide bonds. The summed E-state index contributed by atoms with van der Waals surface area (Å²) in [7, 11) is 0. The minimum Gasteiger partial charge on any atom is -0.459 e. The summed E-state index contributed by atoms with van der Waals surface area (Å²) in [4.78, 5) is 27.5. The Kier molecular flexibility index (Phi) is 4.56. The number of carbonyl (C=O) groups excluding carboxylic acids is 2. The first-order valence-electron chi connectivity index (χ1n) is 7.48. The normalized spacial score (nSPS) is 11.9. The van der Waals surface area contributed by atoms with Crippen LogP contribution in [0.5, 0.6) is 0 Å². The summed E-state index contributed by atoms with van der Waals surface area (Å²) >= 11 is 0. The zero-order valence-corrected chi connectivity index (χ0v) is 13.1. The number of carbonyl (C=O) groups is 2. The van der Waals surface area contributed by atoms with Crippen molar-refractivity contribution < 1.29 is 18.7 Å². The van der Waals surface area contributed by atoms with Crippen LogP contribution in [-0.4, -0.2) is 23.5 Å². The number of benzene rings is 1. The zero-order valence-electron chi connectivity index (χ0n) is 13.1. The van der Waals surface area contributed by atoms with Crippen molar-refractivity contribution >= 4 is 22.8 Å². The maximum absolute atomic E-state index is 11.9. The standard InChI is InChI=1S/C18H16N2O4/c1-12(16-10-14-4-2-3-5-15(14)24-16)20-17(21)11-23-18(22)13-6-8-19-9-7-13/h2-10,12H,11H2,1H3,(H,20,21)/t12-/m0/s1. The predicted octanol–water partition coefficient (Wildman–Crippen LogP) is 2.86. The van der Waals surface area contributed by atoms with Crippen molar-refractivity contribution in [3.8, 4) is 0 Å². The molecular weight excluding hydrogens is 308 g/mol. The second-order valence-corrected chi connectivity index (χ2v) is 5.29. The number of esters is 1. The fourth-order valence-electron chi connectivity index (χ4n) is 2.27. The molecule has 3 aromatic rings. The highest BCUT2D eigenvalue weighted by Gasteiger charge is 2.16. The van der Waals surface area contributed by atoms with E-state index >= 15 is 0 Å². The molecule has 24 heavy (non-hydrogen) atoms. The topological polar surface area (TPSA) is 81.4 Å². The van der Waals surface area contributed by atoms with Crippen LogP contribution in [0.1, 0.15) is 29.1 Å². The Labute approximate surface area is 138 Å². The number of amides is 1. The number of hydrogen-bond donors (Lipinski definition) is 1. The van der Waals surface area contributed by atoms with Gasteiger partial charge in [0.15, 0.2) is 6.61 Å². The van der Waals surface area contributed by atoms with Gasteiger partial charge in [-0.3, -0.25) is 9.78 Å². The molecular formula is C18H16N2O4. The van der Waals surface area contributed by atoms with Crippen molar-refractivity contribution in [2.75, 3.05) is 6.61 Å². The quantitative estimate of drug-likeness (QED) is 0.730. The highest BCUT2D eigenvalue weighted by atomic mass is 16.5. The molecule has 2 aromatic heterocycles. The molecule has 0 saturated carbocycles. The van der Waals surface area contributed by atoms with Gasteiger partial charge in [0, 0.05) is 17.8 Å². The van der Waals surface area contributed by atoms with E-state index in [-0.39, 0.29) is 12.6 Å². The largest absolute Gasteiger partial charge is 0.459 e. The van der Waals surface area contributed by atoms with Gasteiger partial charge in [-0.2, -0.15) is 0 Å². The summed E-state index contributed by atoms with van der Waals surface area (Å²) in [5.41, 5.74) is 1.11. The lowest BCUT2D eigenvalue weighted by Gasteiger charge is -2.11. The molecule has 0 aliphatic carbocycles. The van der Waals surface area contributed by atoms with Crippen LogP contribution >= 0.6 is 0 Å². The van der Waals surface area contributed by atoms with Gasteiger partial charge in [0.05, 0.1) is 11.6 Å². The van der Waals surface area contributed by atoms with Crippen molar-refractivity contribution in [2.45, 2.75) is 13.0 Å². The summed E-state index contributed by atoms with van der Waals surface area (Å²) in [6.45, 7) is 1.45. The maximum atomic E-state index is 11.9. The Morgan fingerprint density at radius 2 is 1.96 bits per heavy atom. The lowest BCUT2D eigenvalue weighted by molar-refractivity contribution is -0.125. The zero-order chi connectivity index (χ0) is 16.9. The average Bonchev–Trinajstić information content (AvgIpc) is 3.05. The van der Waals surface area contributed by atoms with Crippen LogP contribution < -0.4 is 5.32 Å². The molecule has 6 nitrogen and oxygen atoms in total. The van der Waals surface area contributed by atoms with Crippen LogP contribution in [-0.2, 0) is 9.53 Å². The Hall–Kier alpha value is -3.15. The van der Waals surface area contributed by atoms with E-state index in [1.807, 2.05) is 30.3 Å². The third-order valence-electron chi connectivity index (χ3n) is 3.50. The minimum absolute atomic E-state index is 0.329. The Balaban J connectivity index is 1.55. The van der Waals surface area contributed by atoms with E-state index in [1.54, 1.807) is 6.92 Å². The lowest BCUT2D eigenvalue weighted by Crippen LogP contribution is -2.31. The van der Waals surface area contributed by atoms with Gasteiger partial charge in [0.2, 0.25) is 0 Å². The number of para-hydroxylation sites is 1. The van der Waals surface area contributed by atoms with Crippen molar-refractivity contribution in [2.24, 2.45) is 0 Å². The molecule has 0 bridgehead atoms. The number of nitrogens with one attached hydrogen (secondary N) is 1. The second kappa shape index (κ2) is 6.95. The van der Waals surface area contributed by atoms with E-state index in [4.69, 9.17) is 9.15 Å². The first-order valence-corrected chi connectivity index (χ1v) is 7.48. The third-order valence-corrected chi connectivity index (χ3v) is 3.50. The van der Waals surface area contributed by atoms with Crippen LogP contribution in [0, 0.1) is 0 Å². The first kappa shape index (κ1) is 15.7. The Bertz CT molecular complexity index is 825. The van der Waals surface area contributed by atoms with E-state index in [9.17, 15) is 9.59 Å². The van der Waals surface area contributed by atoms with E-state index in [0.717, 1.165) is 11.0 Å². The molecule has 3 rings (SSSR count). The second-order valence-electron chi connectivity index (χ2n) is 5.29. The maximum Gasteiger partial charge on any atom is 0.338 e. The molecule has 1 atom stereocenters. The van der Waals surface area contributed by atoms with Gasteiger partial charge < -0.3 is 14.5 Å². The van der Waals surface area contributed by atoms with Crippen molar-refractivity contribution in [1.82, 2.24) is 10.3 Å². The fraction of sp³-hybridized carbons (Fsp3) is 0.167. The predicted molar refractivity (Wildman–Crippen MR) is 87.3 cm³/mol. The summed E-state index contributed by atoms with van der Waals surface area (Å²) in [6.07, 6.45) is 2.97. The van der Waals surface area contributed by atoms with Gasteiger partial charge in [0.25, 0.3) is 5.91 Å². The molecule has 122 valence electrons. The number of furan rings is 1. The van der Waals surface area contributed by atoms with Crippen LogP contribution in [0.25, 0.3) is 11.0 Å². The van der Waals surface area contributed by atoms with Crippen LogP contribution in [0.15, 0.2) is 59.3 Å². The van der Waals surface area contributed by atoms with Gasteiger partial charge in [0.1, 0.15) is 11.3 Å². The van der Waals surface area contributed by atoms with Gasteiger partial charge in [-0.25, -0.2) is 4.79 Å². The number of fused-ring (bicyclic) bond motifs is 1. The molecule has 0 saturated heterocycles. The fourth-order valence-corrected chi connectivity index (χ4v) is 2.27. The van der Waals surface area contributed by atoms with Crippen LogP contribution in [0.3, 0.4) is 0 Å². The Morgan fingerprint density at radius 1 is 1.21 bits per heavy atom. The molecule has 1 aromatic carbocycles. The number of nitrogens with zero attached hydrogens (tertiary/aromatic N) is 1. The summed E-state index contributed by atoms with van der Waals surface area (Å²) in [6, 6.07) is 12.2. The van der Waals surface area contributed by atoms with Crippen LogP contribution in [0.2, 0.25) is 0 Å². The minimum atomic E-state index is -0.566. The number of aromatic nitrogens is 1. The summed E-state index contributed by atoms with van der Waals surface area (Å²) in [5, 5.41) is 3.71. The summed E-state index contributed by atoms with van der Waals surface area (Å²) < 4.78 is 10.7. The number of ether oxygens (including phenoxy) is 1. The highest BCUT2D eigenvalue weighted by Crippen LogP contribution is 2.23. The van der Waals surface area contributed by atoms with Crippen LogP contribution in [0.4, 0.5) is 0 Å². The molecule has 0 spiro atoms. The SMILES string of the molecule is C[C@H](NC(=O)COC(=O)c1ccncc1)c1cc2ccccc2o1. The monoisotopic (exact) mass is 324 g/mol. The van der Waals surface area contributed by atoms with Crippen molar-refractivity contribution in [3.05, 3.63) is 66.2 Å². The first-order chi connectivity index (χ1) is 11.6. The average molecular weight is 324 g/mol. The highest BCUT2D eigenvalue weighted by molar-refractivity contribution is 5.91. The van der Waals surface area contributed by atoms with E-state index in [1.165, 1.54) is 24.5 Å². The molecule has 2 heterocycles. The molecule has 0 aliphatic rings. The number of rotatable bonds is 5. The lowest BCUT2D eigenvalue weighted by atomic mass is 10.2. The van der Waals surface area contributed by atoms with E-state index in [0.29, 0.717) is 11.3 Å². The number of pyridine rings is 1. The smallest absolute Gasteiger partial charge is 0.338 e. The van der Waals surface area contributed by atoms with E-state index < -0.39 is 11.9 Å². The molecule has 0 radical (unpaired) electrons. The van der Waals surface area contributed by atoms with Gasteiger partial charge in [-0.05, 0) is 31.2 Å². The molecule has 0 aliphatic heterocycles. The van der Waals surface area contributed by atoms with Gasteiger partial charge >= 0.3 is 5.97 Å². The number of hydrogen-bond acceptors (Lipinski definition) is 5. The van der Waals surface area contributed by atoms with E-state index in [2.05, 4.69) is 10.3 Å². The van der Waals surface area contributed by atoms with Gasteiger partial charge in [-0.1, -0.05) is 18.2 Å². The summed E-state index contributed by atoms with van der Waals surface area (Å²) in [5.74, 6) is -0.320. The molecule has 0 fully saturated rings. The molecule has 6 heteroatoms. The Morgan fingerprint density at radius 3 is 2.71 bits per heavy atom. The molecule has 0 unspecified atom stereocenters. The third kappa shape index (κ3) is 3.60.